The van der Waals surface area contributed by atoms with Crippen LogP contribution in [0.4, 0.5) is 0 Å². The molecule has 0 bridgehead atoms. The third-order valence-corrected chi connectivity index (χ3v) is 14.4. The van der Waals surface area contributed by atoms with E-state index in [2.05, 4.69) is 229 Å². The Morgan fingerprint density at radius 3 is 0.729 bits per heavy atom. The molecular formula is C59H68. The molecule has 8 rings (SSSR count). The Labute approximate surface area is 357 Å². The van der Waals surface area contributed by atoms with Gasteiger partial charge in [-0.1, -0.05) is 229 Å². The molecule has 6 aromatic carbocycles. The van der Waals surface area contributed by atoms with Gasteiger partial charge in [0.2, 0.25) is 0 Å². The van der Waals surface area contributed by atoms with Gasteiger partial charge in [0.1, 0.15) is 0 Å². The van der Waals surface area contributed by atoms with Crippen molar-refractivity contribution in [3.05, 3.63) is 212 Å². The molecule has 0 aliphatic heterocycles. The summed E-state index contributed by atoms with van der Waals surface area (Å²) in [7, 11) is 0. The van der Waals surface area contributed by atoms with E-state index in [0.717, 1.165) is 25.7 Å². The molecule has 0 saturated carbocycles. The SMILES string of the molecule is CC(C)(C)c1cc2c(cc1C(C)(C)C)C(c1ccccc1)(c1ccccc1)CCC21CCC(c2ccccc2)(c2ccccc2)c2cc(C(C)(C)C)c(C(C)(C)C)cc21. The molecule has 0 fully saturated rings. The monoisotopic (exact) mass is 777 g/mol. The fraction of sp³-hybridized carbons (Fsp3) is 0.390. The van der Waals surface area contributed by atoms with Crippen LogP contribution in [0.2, 0.25) is 0 Å². The molecule has 2 aliphatic carbocycles. The normalized spacial score (nSPS) is 17.3. The maximum atomic E-state index is 2.74. The average molecular weight is 777 g/mol. The largest absolute Gasteiger partial charge is 0.0622 e. The van der Waals surface area contributed by atoms with Crippen molar-refractivity contribution in [3.63, 3.8) is 0 Å². The molecular weight excluding hydrogens is 709 g/mol. The van der Waals surface area contributed by atoms with Gasteiger partial charge in [0.15, 0.2) is 0 Å². The van der Waals surface area contributed by atoms with E-state index in [4.69, 9.17) is 0 Å². The van der Waals surface area contributed by atoms with Gasteiger partial charge in [-0.15, -0.1) is 0 Å². The first kappa shape index (κ1) is 41.1. The number of benzene rings is 6. The number of hydrogen-bond donors (Lipinski definition) is 0. The van der Waals surface area contributed by atoms with Gasteiger partial charge < -0.3 is 0 Å². The smallest absolute Gasteiger partial charge is 0.0454 e. The van der Waals surface area contributed by atoms with Crippen molar-refractivity contribution in [2.75, 3.05) is 0 Å². The summed E-state index contributed by atoms with van der Waals surface area (Å²) in [6.07, 6.45) is 4.18. The van der Waals surface area contributed by atoms with Gasteiger partial charge in [0.25, 0.3) is 0 Å². The summed E-state index contributed by atoms with van der Waals surface area (Å²) in [5.41, 5.74) is 16.6. The van der Waals surface area contributed by atoms with Crippen LogP contribution in [0.15, 0.2) is 146 Å². The lowest BCUT2D eigenvalue weighted by Crippen LogP contribution is -2.49. The van der Waals surface area contributed by atoms with E-state index in [1.54, 1.807) is 0 Å². The standard InChI is InChI=1S/C59H68/c1-53(2,3)45-37-49-51(39-47(45)55(7,8)9)58(41-25-17-13-18-26-41,42-27-19-14-20-28-42)35-33-57(49)34-36-59(43-29-21-15-22-30-43,44-31-23-16-24-32-44)52-40-48(56(10,11)12)46(38-50(52)57)54(4,5)6/h13-32,37-40H,33-36H2,1-12H3. The summed E-state index contributed by atoms with van der Waals surface area (Å²) in [4.78, 5) is 0. The highest BCUT2D eigenvalue weighted by atomic mass is 14.6. The average Bonchev–Trinajstić information content (AvgIpc) is 3.20. The van der Waals surface area contributed by atoms with Crippen LogP contribution in [-0.4, -0.2) is 0 Å². The van der Waals surface area contributed by atoms with E-state index in [1.807, 2.05) is 0 Å². The Bertz CT molecular complexity index is 2180. The van der Waals surface area contributed by atoms with E-state index in [0.29, 0.717) is 0 Å². The molecule has 1 spiro atoms. The number of fused-ring (bicyclic) bond motifs is 4. The van der Waals surface area contributed by atoms with E-state index in [9.17, 15) is 0 Å². The highest BCUT2D eigenvalue weighted by Crippen LogP contribution is 2.64. The summed E-state index contributed by atoms with van der Waals surface area (Å²) in [6.45, 7) is 29.1. The first-order chi connectivity index (χ1) is 27.7. The molecule has 0 N–H and O–H groups in total. The molecule has 0 unspecified atom stereocenters. The van der Waals surface area contributed by atoms with Gasteiger partial charge in [-0.05, 0) is 114 Å². The van der Waals surface area contributed by atoms with Crippen molar-refractivity contribution >= 4 is 0 Å². The third kappa shape index (κ3) is 6.65. The molecule has 0 saturated heterocycles. The van der Waals surface area contributed by atoms with E-state index in [1.165, 1.54) is 66.8 Å². The molecule has 0 amide bonds. The topological polar surface area (TPSA) is 0 Å². The molecule has 0 nitrogen and oxygen atoms in total. The summed E-state index contributed by atoms with van der Waals surface area (Å²) in [5, 5.41) is 0. The van der Waals surface area contributed by atoms with Crippen LogP contribution < -0.4 is 0 Å². The predicted octanol–water partition coefficient (Wildman–Crippen LogP) is 15.4. The predicted molar refractivity (Wildman–Crippen MR) is 252 cm³/mol. The van der Waals surface area contributed by atoms with Gasteiger partial charge in [0.05, 0.1) is 0 Å². The van der Waals surface area contributed by atoms with Crippen LogP contribution in [-0.2, 0) is 37.9 Å². The lowest BCUT2D eigenvalue weighted by Gasteiger charge is -2.56. The fourth-order valence-corrected chi connectivity index (χ4v) is 11.5. The molecule has 0 heterocycles. The highest BCUT2D eigenvalue weighted by Gasteiger charge is 2.56. The van der Waals surface area contributed by atoms with Crippen LogP contribution in [0.5, 0.6) is 0 Å². The van der Waals surface area contributed by atoms with Gasteiger partial charge in [0, 0.05) is 16.2 Å². The number of rotatable bonds is 4. The first-order valence-corrected chi connectivity index (χ1v) is 22.4. The quantitative estimate of drug-likeness (QED) is 0.167. The molecule has 0 heteroatoms. The number of hydrogen-bond acceptors (Lipinski definition) is 0. The Kier molecular flexibility index (Phi) is 9.90. The fourth-order valence-electron chi connectivity index (χ4n) is 11.5. The molecule has 6 aromatic rings. The van der Waals surface area contributed by atoms with Gasteiger partial charge >= 0.3 is 0 Å². The minimum atomic E-state index is -0.300. The van der Waals surface area contributed by atoms with Crippen LogP contribution in [0, 0.1) is 0 Å². The zero-order valence-electron chi connectivity index (χ0n) is 38.2. The summed E-state index contributed by atoms with van der Waals surface area (Å²) in [5.74, 6) is 0. The maximum absolute atomic E-state index is 2.74. The van der Waals surface area contributed by atoms with Gasteiger partial charge in [-0.3, -0.25) is 0 Å². The molecule has 2 aliphatic rings. The maximum Gasteiger partial charge on any atom is 0.0454 e. The molecule has 0 radical (unpaired) electrons. The van der Waals surface area contributed by atoms with Crippen molar-refractivity contribution in [2.24, 2.45) is 0 Å². The van der Waals surface area contributed by atoms with Crippen molar-refractivity contribution in [1.29, 1.82) is 0 Å². The lowest BCUT2D eigenvalue weighted by molar-refractivity contribution is 0.294. The van der Waals surface area contributed by atoms with Crippen LogP contribution in [0.25, 0.3) is 0 Å². The Hall–Kier alpha value is -4.68. The van der Waals surface area contributed by atoms with E-state index in [-0.39, 0.29) is 37.9 Å². The second-order valence-corrected chi connectivity index (χ2v) is 22.2. The summed E-state index contributed by atoms with van der Waals surface area (Å²) < 4.78 is 0. The third-order valence-electron chi connectivity index (χ3n) is 14.4. The van der Waals surface area contributed by atoms with E-state index >= 15 is 0 Å². The second-order valence-electron chi connectivity index (χ2n) is 22.2. The lowest BCUT2D eigenvalue weighted by atomic mass is 9.47. The van der Waals surface area contributed by atoms with Gasteiger partial charge in [-0.2, -0.15) is 0 Å². The van der Waals surface area contributed by atoms with Crippen molar-refractivity contribution in [3.8, 4) is 0 Å². The minimum absolute atomic E-state index is 0.0391. The van der Waals surface area contributed by atoms with Crippen LogP contribution in [0.3, 0.4) is 0 Å². The second kappa shape index (κ2) is 14.2. The zero-order chi connectivity index (χ0) is 42.2. The Balaban J connectivity index is 1.58. The molecule has 59 heavy (non-hydrogen) atoms. The molecule has 0 aromatic heterocycles. The highest BCUT2D eigenvalue weighted by molar-refractivity contribution is 5.68. The summed E-state index contributed by atoms with van der Waals surface area (Å²) >= 11 is 0. The molecule has 0 atom stereocenters. The van der Waals surface area contributed by atoms with Gasteiger partial charge in [-0.25, -0.2) is 0 Å². The zero-order valence-corrected chi connectivity index (χ0v) is 38.2. The van der Waals surface area contributed by atoms with Crippen LogP contribution >= 0.6 is 0 Å². The molecule has 304 valence electrons. The summed E-state index contributed by atoms with van der Waals surface area (Å²) in [6, 6.07) is 56.9. The van der Waals surface area contributed by atoms with Crippen molar-refractivity contribution < 1.29 is 0 Å². The van der Waals surface area contributed by atoms with Crippen molar-refractivity contribution in [1.82, 2.24) is 0 Å². The van der Waals surface area contributed by atoms with Crippen LogP contribution in [0.1, 0.15) is 176 Å². The Morgan fingerprint density at radius 2 is 0.508 bits per heavy atom. The minimum Gasteiger partial charge on any atom is -0.0622 e. The first-order valence-electron chi connectivity index (χ1n) is 22.4. The Morgan fingerprint density at radius 1 is 0.288 bits per heavy atom. The van der Waals surface area contributed by atoms with Crippen molar-refractivity contribution in [2.45, 2.75) is 147 Å². The van der Waals surface area contributed by atoms with E-state index < -0.39 is 0 Å².